The zero-order chi connectivity index (χ0) is 16.3. The van der Waals surface area contributed by atoms with Crippen molar-refractivity contribution < 1.29 is 23.8 Å². The highest BCUT2D eigenvalue weighted by molar-refractivity contribution is 6.00. The second kappa shape index (κ2) is 10.6. The van der Waals surface area contributed by atoms with Gasteiger partial charge in [0.2, 0.25) is 0 Å². The van der Waals surface area contributed by atoms with E-state index in [0.29, 0.717) is 32.5 Å². The van der Waals surface area contributed by atoms with Crippen LogP contribution in [0.15, 0.2) is 0 Å². The number of esters is 2. The highest BCUT2D eigenvalue weighted by Gasteiger charge is 2.48. The van der Waals surface area contributed by atoms with Crippen molar-refractivity contribution in [3.05, 3.63) is 0 Å². The quantitative estimate of drug-likeness (QED) is 0.333. The van der Waals surface area contributed by atoms with Gasteiger partial charge in [0.05, 0.1) is 13.2 Å². The third kappa shape index (κ3) is 6.46. The number of carbonyl (C=O) groups is 2. The molecule has 0 atom stereocenters. The van der Waals surface area contributed by atoms with E-state index >= 15 is 0 Å². The summed E-state index contributed by atoms with van der Waals surface area (Å²) in [6, 6.07) is 0. The Morgan fingerprint density at radius 2 is 1.48 bits per heavy atom. The zero-order valence-electron chi connectivity index (χ0n) is 14.1. The minimum absolute atomic E-state index is 0.186. The Kier molecular flexibility index (Phi) is 10.0. The van der Waals surface area contributed by atoms with E-state index in [1.807, 2.05) is 20.8 Å². The predicted octanol–water partition coefficient (Wildman–Crippen LogP) is 2.96. The fourth-order valence-electron chi connectivity index (χ4n) is 2.41. The third-order valence-electron chi connectivity index (χ3n) is 3.19. The zero-order valence-corrected chi connectivity index (χ0v) is 14.1. The maximum atomic E-state index is 12.4. The second-order valence-electron chi connectivity index (χ2n) is 5.42. The fourth-order valence-corrected chi connectivity index (χ4v) is 2.41. The van der Waals surface area contributed by atoms with Crippen molar-refractivity contribution in [2.75, 3.05) is 26.4 Å². The average Bonchev–Trinajstić information content (AvgIpc) is 2.42. The van der Waals surface area contributed by atoms with Crippen LogP contribution in [-0.2, 0) is 23.8 Å². The lowest BCUT2D eigenvalue weighted by Gasteiger charge is -2.30. The van der Waals surface area contributed by atoms with Crippen LogP contribution < -0.4 is 0 Å². The molecule has 0 saturated heterocycles. The summed E-state index contributed by atoms with van der Waals surface area (Å²) in [6.45, 7) is 11.0. The van der Waals surface area contributed by atoms with E-state index in [4.69, 9.17) is 14.2 Å². The van der Waals surface area contributed by atoms with Gasteiger partial charge in [-0.05, 0) is 46.0 Å². The first-order valence-corrected chi connectivity index (χ1v) is 7.86. The molecule has 0 unspecified atom stereocenters. The van der Waals surface area contributed by atoms with Gasteiger partial charge >= 0.3 is 11.9 Å². The molecule has 0 rings (SSSR count). The van der Waals surface area contributed by atoms with Crippen LogP contribution in [0.1, 0.15) is 53.9 Å². The molecule has 0 amide bonds. The molecule has 0 aromatic carbocycles. The Hall–Kier alpha value is -1.10. The normalized spacial score (nSPS) is 11.5. The first kappa shape index (κ1) is 19.9. The van der Waals surface area contributed by atoms with E-state index in [1.165, 1.54) is 0 Å². The molecular weight excluding hydrogens is 272 g/mol. The second-order valence-corrected chi connectivity index (χ2v) is 5.42. The SMILES string of the molecule is CCOCCCC(CC(C)C)(C(=O)OCC)C(=O)OCC. The molecule has 0 radical (unpaired) electrons. The molecule has 0 aliphatic rings. The predicted molar refractivity (Wildman–Crippen MR) is 80.9 cm³/mol. The standard InChI is InChI=1S/C16H30O5/c1-6-19-11-9-10-16(12-13(4)5,14(17)20-7-2)15(18)21-8-3/h13H,6-12H2,1-5H3. The Morgan fingerprint density at radius 1 is 0.952 bits per heavy atom. The van der Waals surface area contributed by atoms with Gasteiger partial charge in [0.25, 0.3) is 0 Å². The number of rotatable bonds is 11. The summed E-state index contributed by atoms with van der Waals surface area (Å²) in [5.74, 6) is -0.770. The van der Waals surface area contributed by atoms with E-state index in [1.54, 1.807) is 13.8 Å². The molecule has 0 heterocycles. The molecule has 0 aliphatic heterocycles. The van der Waals surface area contributed by atoms with Gasteiger partial charge in [0.15, 0.2) is 5.41 Å². The molecule has 124 valence electrons. The van der Waals surface area contributed by atoms with E-state index in [9.17, 15) is 9.59 Å². The van der Waals surface area contributed by atoms with Crippen molar-refractivity contribution in [1.82, 2.24) is 0 Å². The van der Waals surface area contributed by atoms with Gasteiger partial charge in [-0.1, -0.05) is 13.8 Å². The molecule has 0 aromatic rings. The molecule has 0 saturated carbocycles. The lowest BCUT2D eigenvalue weighted by molar-refractivity contribution is -0.174. The molecule has 21 heavy (non-hydrogen) atoms. The number of ether oxygens (including phenoxy) is 3. The molecule has 0 aliphatic carbocycles. The summed E-state index contributed by atoms with van der Waals surface area (Å²) in [6.07, 6.45) is 1.44. The maximum absolute atomic E-state index is 12.4. The molecule has 0 aromatic heterocycles. The summed E-state index contributed by atoms with van der Waals surface area (Å²) in [4.78, 5) is 24.8. The van der Waals surface area contributed by atoms with E-state index in [2.05, 4.69) is 0 Å². The van der Waals surface area contributed by atoms with Gasteiger partial charge in [-0.3, -0.25) is 9.59 Å². The molecule has 0 N–H and O–H groups in total. The summed E-state index contributed by atoms with van der Waals surface area (Å²) < 4.78 is 15.6. The van der Waals surface area contributed by atoms with Crippen molar-refractivity contribution in [3.63, 3.8) is 0 Å². The van der Waals surface area contributed by atoms with E-state index in [-0.39, 0.29) is 19.1 Å². The minimum Gasteiger partial charge on any atom is -0.465 e. The average molecular weight is 302 g/mol. The van der Waals surface area contributed by atoms with Crippen molar-refractivity contribution in [2.45, 2.75) is 53.9 Å². The maximum Gasteiger partial charge on any atom is 0.323 e. The summed E-state index contributed by atoms with van der Waals surface area (Å²) in [7, 11) is 0. The third-order valence-corrected chi connectivity index (χ3v) is 3.19. The molecule has 0 fully saturated rings. The first-order valence-electron chi connectivity index (χ1n) is 7.86. The van der Waals surface area contributed by atoms with Gasteiger partial charge in [0.1, 0.15) is 0 Å². The topological polar surface area (TPSA) is 61.8 Å². The van der Waals surface area contributed by atoms with Gasteiger partial charge in [-0.25, -0.2) is 0 Å². The van der Waals surface area contributed by atoms with E-state index in [0.717, 1.165) is 0 Å². The lowest BCUT2D eigenvalue weighted by Crippen LogP contribution is -2.43. The van der Waals surface area contributed by atoms with Crippen LogP contribution in [0.2, 0.25) is 0 Å². The van der Waals surface area contributed by atoms with Crippen LogP contribution in [-0.4, -0.2) is 38.4 Å². The molecule has 5 nitrogen and oxygen atoms in total. The van der Waals surface area contributed by atoms with Crippen molar-refractivity contribution >= 4 is 11.9 Å². The van der Waals surface area contributed by atoms with Crippen LogP contribution >= 0.6 is 0 Å². The van der Waals surface area contributed by atoms with Gasteiger partial charge in [0, 0.05) is 13.2 Å². The van der Waals surface area contributed by atoms with Crippen LogP contribution in [0.5, 0.6) is 0 Å². The molecule has 5 heteroatoms. The largest absolute Gasteiger partial charge is 0.465 e. The highest BCUT2D eigenvalue weighted by Crippen LogP contribution is 2.35. The smallest absolute Gasteiger partial charge is 0.323 e. The van der Waals surface area contributed by atoms with Crippen LogP contribution in [0.4, 0.5) is 0 Å². The molecule has 0 spiro atoms. The Morgan fingerprint density at radius 3 is 1.86 bits per heavy atom. The van der Waals surface area contributed by atoms with Crippen LogP contribution in [0.3, 0.4) is 0 Å². The molecule has 0 bridgehead atoms. The van der Waals surface area contributed by atoms with Crippen molar-refractivity contribution in [3.8, 4) is 0 Å². The van der Waals surface area contributed by atoms with Gasteiger partial charge in [-0.2, -0.15) is 0 Å². The molecular formula is C16H30O5. The number of hydrogen-bond acceptors (Lipinski definition) is 5. The van der Waals surface area contributed by atoms with Crippen LogP contribution in [0.25, 0.3) is 0 Å². The van der Waals surface area contributed by atoms with Crippen molar-refractivity contribution in [1.29, 1.82) is 0 Å². The summed E-state index contributed by atoms with van der Waals surface area (Å²) >= 11 is 0. The Balaban J connectivity index is 5.18. The first-order chi connectivity index (χ1) is 9.94. The monoisotopic (exact) mass is 302 g/mol. The Bertz CT molecular complexity index is 294. The summed E-state index contributed by atoms with van der Waals surface area (Å²) in [5, 5.41) is 0. The number of carbonyl (C=O) groups excluding carboxylic acids is 2. The lowest BCUT2D eigenvalue weighted by atomic mass is 9.76. The van der Waals surface area contributed by atoms with Gasteiger partial charge in [-0.15, -0.1) is 0 Å². The van der Waals surface area contributed by atoms with Gasteiger partial charge < -0.3 is 14.2 Å². The van der Waals surface area contributed by atoms with Crippen LogP contribution in [0, 0.1) is 11.3 Å². The Labute approximate surface area is 128 Å². The number of hydrogen-bond donors (Lipinski definition) is 0. The van der Waals surface area contributed by atoms with Crippen molar-refractivity contribution in [2.24, 2.45) is 11.3 Å². The highest BCUT2D eigenvalue weighted by atomic mass is 16.6. The summed E-state index contributed by atoms with van der Waals surface area (Å²) in [5.41, 5.74) is -1.21. The van der Waals surface area contributed by atoms with E-state index < -0.39 is 17.4 Å². The fraction of sp³-hybridized carbons (Fsp3) is 0.875. The minimum atomic E-state index is -1.21.